The highest BCUT2D eigenvalue weighted by molar-refractivity contribution is 5.80. The van der Waals surface area contributed by atoms with E-state index in [9.17, 15) is 22.8 Å². The predicted molar refractivity (Wildman–Crippen MR) is 95.6 cm³/mol. The molecule has 1 aromatic carbocycles. The molecule has 0 atom stereocenters. The number of likely N-dealkylation sites (tertiary alicyclic amines) is 2. The van der Waals surface area contributed by atoms with Gasteiger partial charge in [-0.25, -0.2) is 0 Å². The molecule has 1 aromatic rings. The molecule has 2 aliphatic heterocycles. The number of alkyl halides is 3. The lowest BCUT2D eigenvalue weighted by molar-refractivity contribution is -0.162. The zero-order valence-corrected chi connectivity index (χ0v) is 15.0. The lowest BCUT2D eigenvalue weighted by atomic mass is 9.77. The summed E-state index contributed by atoms with van der Waals surface area (Å²) < 4.78 is 37.2. The maximum atomic E-state index is 12.4. The van der Waals surface area contributed by atoms with Crippen molar-refractivity contribution >= 4 is 17.9 Å². The Kier molecular flexibility index (Phi) is 5.58. The van der Waals surface area contributed by atoms with Gasteiger partial charge in [-0.15, -0.1) is 0 Å². The van der Waals surface area contributed by atoms with Crippen molar-refractivity contribution in [2.24, 2.45) is 5.41 Å². The van der Waals surface area contributed by atoms with Gasteiger partial charge in [0.15, 0.2) is 0 Å². The fourth-order valence-electron chi connectivity index (χ4n) is 3.88. The summed E-state index contributed by atoms with van der Waals surface area (Å²) in [6.45, 7) is 1.70. The van der Waals surface area contributed by atoms with Crippen LogP contribution in [0, 0.1) is 5.41 Å². The van der Waals surface area contributed by atoms with E-state index in [0.717, 1.165) is 5.56 Å². The van der Waals surface area contributed by atoms with Crippen molar-refractivity contribution in [1.29, 1.82) is 0 Å². The van der Waals surface area contributed by atoms with E-state index in [4.69, 9.17) is 0 Å². The zero-order chi connectivity index (χ0) is 19.5. The average Bonchev–Trinajstić information content (AvgIpc) is 2.90. The fourth-order valence-corrected chi connectivity index (χ4v) is 3.88. The summed E-state index contributed by atoms with van der Waals surface area (Å²) in [5, 5.41) is 0. The third-order valence-electron chi connectivity index (χ3n) is 5.37. The van der Waals surface area contributed by atoms with Crippen molar-refractivity contribution < 1.29 is 22.8 Å². The van der Waals surface area contributed by atoms with Crippen LogP contribution in [0.25, 0.3) is 6.08 Å². The summed E-state index contributed by atoms with van der Waals surface area (Å²) in [7, 11) is 0. The zero-order valence-electron chi connectivity index (χ0n) is 15.0. The number of hydrogen-bond acceptors (Lipinski definition) is 2. The van der Waals surface area contributed by atoms with E-state index >= 15 is 0 Å². The Bertz CT molecular complexity index is 708. The van der Waals surface area contributed by atoms with Crippen LogP contribution < -0.4 is 0 Å². The number of carbonyl (C=O) groups is 2. The molecule has 0 saturated carbocycles. The molecule has 0 aliphatic carbocycles. The first-order valence-electron chi connectivity index (χ1n) is 9.10. The van der Waals surface area contributed by atoms with Crippen LogP contribution in [-0.4, -0.2) is 54.0 Å². The minimum absolute atomic E-state index is 0.0720. The monoisotopic (exact) mass is 380 g/mol. The second-order valence-electron chi connectivity index (χ2n) is 7.44. The van der Waals surface area contributed by atoms with E-state index < -0.39 is 18.5 Å². The Hall–Kier alpha value is -2.31. The number of piperidine rings is 1. The fraction of sp³-hybridized carbons (Fsp3) is 0.500. The first kappa shape index (κ1) is 19.5. The number of carbonyl (C=O) groups excluding carboxylic acids is 2. The molecular formula is C20H23F3N2O2. The SMILES string of the molecule is O=C(CC(F)(F)F)N1CCC2(CC1)CC(=O)N(CC=Cc1ccccc1)C2. The summed E-state index contributed by atoms with van der Waals surface area (Å²) in [5.41, 5.74) is 0.850. The summed E-state index contributed by atoms with van der Waals surface area (Å²) in [4.78, 5) is 27.2. The molecular weight excluding hydrogens is 357 g/mol. The molecule has 0 aromatic heterocycles. The molecule has 4 nitrogen and oxygen atoms in total. The Balaban J connectivity index is 1.52. The van der Waals surface area contributed by atoms with Gasteiger partial charge in [0.1, 0.15) is 6.42 Å². The molecule has 7 heteroatoms. The largest absolute Gasteiger partial charge is 0.397 e. The summed E-state index contributed by atoms with van der Waals surface area (Å²) in [5.74, 6) is -0.799. The third kappa shape index (κ3) is 5.11. The van der Waals surface area contributed by atoms with Gasteiger partial charge in [-0.05, 0) is 18.4 Å². The molecule has 2 aliphatic rings. The summed E-state index contributed by atoms with van der Waals surface area (Å²) in [6, 6.07) is 9.80. The van der Waals surface area contributed by atoms with Crippen molar-refractivity contribution in [3.8, 4) is 0 Å². The number of halogens is 3. The van der Waals surface area contributed by atoms with Gasteiger partial charge in [0.2, 0.25) is 11.8 Å². The Morgan fingerprint density at radius 3 is 2.44 bits per heavy atom. The highest BCUT2D eigenvalue weighted by atomic mass is 19.4. The molecule has 2 fully saturated rings. The standard InChI is InChI=1S/C20H23F3N2O2/c21-20(22,23)14-18(27)24-11-8-19(9-12-24)13-17(26)25(15-19)10-4-7-16-5-2-1-3-6-16/h1-7H,8-15H2. The number of amides is 2. The van der Waals surface area contributed by atoms with Crippen LogP contribution in [0.4, 0.5) is 13.2 Å². The lowest BCUT2D eigenvalue weighted by Crippen LogP contribution is -2.45. The van der Waals surface area contributed by atoms with Gasteiger partial charge < -0.3 is 9.80 Å². The normalized spacial score (nSPS) is 20.0. The van der Waals surface area contributed by atoms with Crippen LogP contribution >= 0.6 is 0 Å². The quantitative estimate of drug-likeness (QED) is 0.802. The van der Waals surface area contributed by atoms with Crippen LogP contribution in [-0.2, 0) is 9.59 Å². The Morgan fingerprint density at radius 1 is 1.15 bits per heavy atom. The average molecular weight is 380 g/mol. The smallest absolute Gasteiger partial charge is 0.342 e. The second kappa shape index (κ2) is 7.74. The van der Waals surface area contributed by atoms with Crippen molar-refractivity contribution in [2.45, 2.75) is 31.9 Å². The van der Waals surface area contributed by atoms with E-state index in [-0.39, 0.29) is 24.4 Å². The number of rotatable bonds is 4. The molecule has 2 heterocycles. The third-order valence-corrected chi connectivity index (χ3v) is 5.37. The molecule has 146 valence electrons. The van der Waals surface area contributed by atoms with E-state index in [1.165, 1.54) is 4.90 Å². The van der Waals surface area contributed by atoms with Crippen molar-refractivity contribution in [2.75, 3.05) is 26.2 Å². The highest BCUT2D eigenvalue weighted by Crippen LogP contribution is 2.41. The topological polar surface area (TPSA) is 40.6 Å². The summed E-state index contributed by atoms with van der Waals surface area (Å²) in [6.07, 6.45) is -0.409. The van der Waals surface area contributed by atoms with Crippen LogP contribution in [0.1, 0.15) is 31.2 Å². The minimum Gasteiger partial charge on any atom is -0.342 e. The van der Waals surface area contributed by atoms with Crippen LogP contribution in [0.2, 0.25) is 0 Å². The van der Waals surface area contributed by atoms with Crippen molar-refractivity contribution in [3.63, 3.8) is 0 Å². The van der Waals surface area contributed by atoms with Crippen molar-refractivity contribution in [3.05, 3.63) is 42.0 Å². The molecule has 2 amide bonds. The molecule has 1 spiro atoms. The van der Waals surface area contributed by atoms with Crippen molar-refractivity contribution in [1.82, 2.24) is 9.80 Å². The van der Waals surface area contributed by atoms with Crippen LogP contribution in [0.3, 0.4) is 0 Å². The van der Waals surface area contributed by atoms with Crippen LogP contribution in [0.15, 0.2) is 36.4 Å². The lowest BCUT2D eigenvalue weighted by Gasteiger charge is -2.38. The Morgan fingerprint density at radius 2 is 1.81 bits per heavy atom. The number of nitrogens with zero attached hydrogens (tertiary/aromatic N) is 2. The molecule has 3 rings (SSSR count). The van der Waals surface area contributed by atoms with Gasteiger partial charge >= 0.3 is 6.18 Å². The molecule has 0 N–H and O–H groups in total. The highest BCUT2D eigenvalue weighted by Gasteiger charge is 2.45. The molecule has 0 unspecified atom stereocenters. The first-order valence-corrected chi connectivity index (χ1v) is 9.10. The van der Waals surface area contributed by atoms with E-state index in [0.29, 0.717) is 32.4 Å². The Labute approximate surface area is 156 Å². The van der Waals surface area contributed by atoms with Gasteiger partial charge in [-0.1, -0.05) is 42.5 Å². The maximum Gasteiger partial charge on any atom is 0.397 e. The molecule has 2 saturated heterocycles. The number of benzene rings is 1. The second-order valence-corrected chi connectivity index (χ2v) is 7.44. The predicted octanol–water partition coefficient (Wildman–Crippen LogP) is 3.49. The molecule has 0 bridgehead atoms. The van der Waals surface area contributed by atoms with Gasteiger partial charge in [0.05, 0.1) is 0 Å². The van der Waals surface area contributed by atoms with Gasteiger partial charge in [-0.2, -0.15) is 13.2 Å². The van der Waals surface area contributed by atoms with Gasteiger partial charge in [-0.3, -0.25) is 9.59 Å². The van der Waals surface area contributed by atoms with Gasteiger partial charge in [0, 0.05) is 38.0 Å². The van der Waals surface area contributed by atoms with E-state index in [1.807, 2.05) is 42.5 Å². The van der Waals surface area contributed by atoms with E-state index in [2.05, 4.69) is 0 Å². The molecule has 27 heavy (non-hydrogen) atoms. The maximum absolute atomic E-state index is 12.4. The minimum atomic E-state index is -4.47. The molecule has 0 radical (unpaired) electrons. The first-order chi connectivity index (χ1) is 12.8. The van der Waals surface area contributed by atoms with Gasteiger partial charge in [0.25, 0.3) is 0 Å². The van der Waals surface area contributed by atoms with Crippen LogP contribution in [0.5, 0.6) is 0 Å². The summed E-state index contributed by atoms with van der Waals surface area (Å²) >= 11 is 0. The number of hydrogen-bond donors (Lipinski definition) is 0. The van der Waals surface area contributed by atoms with E-state index in [1.54, 1.807) is 4.90 Å².